The van der Waals surface area contributed by atoms with Crippen molar-refractivity contribution in [3.05, 3.63) is 11.5 Å². The van der Waals surface area contributed by atoms with Gasteiger partial charge in [-0.25, -0.2) is 0 Å². The molecule has 0 aliphatic rings. The fraction of sp³-hybridized carbons (Fsp3) is 0.667. The lowest BCUT2D eigenvalue weighted by Crippen LogP contribution is -2.05. The minimum atomic E-state index is 1.08. The van der Waals surface area contributed by atoms with Crippen LogP contribution in [0, 0.1) is 0 Å². The topological polar surface area (TPSA) is 12.0 Å². The highest BCUT2D eigenvalue weighted by molar-refractivity contribution is 8.01. The van der Waals surface area contributed by atoms with E-state index in [2.05, 4.69) is 23.1 Å². The Kier molecular flexibility index (Phi) is 7.09. The molecule has 0 aromatic rings. The molecule has 0 unspecified atom stereocenters. The Bertz CT molecular complexity index is 61.5. The first-order valence-corrected chi connectivity index (χ1v) is 4.03. The third-order valence-corrected chi connectivity index (χ3v) is 1.26. The van der Waals surface area contributed by atoms with Crippen LogP contribution in [0.4, 0.5) is 0 Å². The molecule has 0 aromatic heterocycles. The summed E-state index contributed by atoms with van der Waals surface area (Å²) in [4.78, 5) is 0. The summed E-state index contributed by atoms with van der Waals surface area (Å²) in [6.07, 6.45) is 5.37. The molecule has 1 nitrogen and oxygen atoms in total. The van der Waals surface area contributed by atoms with Gasteiger partial charge >= 0.3 is 0 Å². The van der Waals surface area contributed by atoms with Crippen LogP contribution in [0.25, 0.3) is 0 Å². The molecule has 0 aromatic carbocycles. The zero-order valence-electron chi connectivity index (χ0n) is 5.48. The molecule has 0 saturated carbocycles. The maximum absolute atomic E-state index is 3.07. The standard InChI is InChI=1S/C6H13NS/c1-7-5-3-4-6-8-2/h4,6-7H,3,5H2,1-2H3/b6-4+. The Hall–Kier alpha value is 0.0500. The van der Waals surface area contributed by atoms with Crippen LogP contribution >= 0.6 is 11.8 Å². The van der Waals surface area contributed by atoms with Crippen molar-refractivity contribution in [3.8, 4) is 0 Å². The van der Waals surface area contributed by atoms with Crippen molar-refractivity contribution in [2.75, 3.05) is 19.8 Å². The first-order chi connectivity index (χ1) is 3.91. The van der Waals surface area contributed by atoms with Gasteiger partial charge in [0.25, 0.3) is 0 Å². The summed E-state index contributed by atoms with van der Waals surface area (Å²) in [5.74, 6) is 0. The molecule has 0 spiro atoms. The van der Waals surface area contributed by atoms with Gasteiger partial charge < -0.3 is 5.32 Å². The largest absolute Gasteiger partial charge is 0.319 e. The molecule has 0 aliphatic heterocycles. The molecule has 0 heterocycles. The molecular weight excluding hydrogens is 118 g/mol. The summed E-state index contributed by atoms with van der Waals surface area (Å²) < 4.78 is 0. The lowest BCUT2D eigenvalue weighted by atomic mass is 10.4. The van der Waals surface area contributed by atoms with Crippen LogP contribution in [-0.2, 0) is 0 Å². The fourth-order valence-electron chi connectivity index (χ4n) is 0.392. The van der Waals surface area contributed by atoms with Gasteiger partial charge in [0.05, 0.1) is 0 Å². The summed E-state index contributed by atoms with van der Waals surface area (Å²) in [6.45, 7) is 1.08. The van der Waals surface area contributed by atoms with Gasteiger partial charge in [-0.15, -0.1) is 11.8 Å². The van der Waals surface area contributed by atoms with Crippen LogP contribution in [-0.4, -0.2) is 19.8 Å². The highest BCUT2D eigenvalue weighted by atomic mass is 32.2. The van der Waals surface area contributed by atoms with Crippen molar-refractivity contribution in [2.24, 2.45) is 0 Å². The zero-order valence-corrected chi connectivity index (χ0v) is 6.29. The first kappa shape index (κ1) is 8.05. The van der Waals surface area contributed by atoms with Crippen molar-refractivity contribution in [1.82, 2.24) is 5.32 Å². The van der Waals surface area contributed by atoms with Crippen molar-refractivity contribution in [1.29, 1.82) is 0 Å². The number of hydrogen-bond acceptors (Lipinski definition) is 2. The predicted molar refractivity (Wildman–Crippen MR) is 41.2 cm³/mol. The lowest BCUT2D eigenvalue weighted by molar-refractivity contribution is 0.808. The maximum atomic E-state index is 3.07. The van der Waals surface area contributed by atoms with E-state index in [9.17, 15) is 0 Å². The molecule has 2 heteroatoms. The third-order valence-electron chi connectivity index (χ3n) is 0.793. The molecule has 0 atom stereocenters. The minimum Gasteiger partial charge on any atom is -0.319 e. The molecule has 8 heavy (non-hydrogen) atoms. The van der Waals surface area contributed by atoms with Crippen LogP contribution in [0.2, 0.25) is 0 Å². The number of nitrogens with one attached hydrogen (secondary N) is 1. The van der Waals surface area contributed by atoms with Gasteiger partial charge in [-0.1, -0.05) is 6.08 Å². The second-order valence-electron chi connectivity index (χ2n) is 1.50. The molecule has 0 fully saturated rings. The van der Waals surface area contributed by atoms with E-state index in [4.69, 9.17) is 0 Å². The van der Waals surface area contributed by atoms with E-state index < -0.39 is 0 Å². The second-order valence-corrected chi connectivity index (χ2v) is 2.24. The van der Waals surface area contributed by atoms with Crippen LogP contribution in [0.5, 0.6) is 0 Å². The highest BCUT2D eigenvalue weighted by Crippen LogP contribution is 1.93. The van der Waals surface area contributed by atoms with Crippen LogP contribution < -0.4 is 5.32 Å². The molecule has 0 bridgehead atoms. The van der Waals surface area contributed by atoms with Crippen LogP contribution in [0.15, 0.2) is 11.5 Å². The summed E-state index contributed by atoms with van der Waals surface area (Å²) in [7, 11) is 1.97. The van der Waals surface area contributed by atoms with E-state index in [0.29, 0.717) is 0 Å². The lowest BCUT2D eigenvalue weighted by Gasteiger charge is -1.88. The van der Waals surface area contributed by atoms with E-state index >= 15 is 0 Å². The fourth-order valence-corrected chi connectivity index (χ4v) is 0.720. The van der Waals surface area contributed by atoms with Crippen molar-refractivity contribution >= 4 is 11.8 Å². The van der Waals surface area contributed by atoms with Crippen molar-refractivity contribution < 1.29 is 0 Å². The SMILES string of the molecule is CNCC/C=C/SC. The summed E-state index contributed by atoms with van der Waals surface area (Å²) in [6, 6.07) is 0. The molecule has 0 amide bonds. The predicted octanol–water partition coefficient (Wildman–Crippen LogP) is 1.47. The highest BCUT2D eigenvalue weighted by Gasteiger charge is 1.72. The molecule has 0 aliphatic carbocycles. The minimum absolute atomic E-state index is 1.08. The third kappa shape index (κ3) is 6.05. The first-order valence-electron chi connectivity index (χ1n) is 2.74. The van der Waals surface area contributed by atoms with Gasteiger partial charge in [0.2, 0.25) is 0 Å². The zero-order chi connectivity index (χ0) is 6.24. The number of hydrogen-bond donors (Lipinski definition) is 1. The van der Waals surface area contributed by atoms with E-state index in [1.54, 1.807) is 11.8 Å². The van der Waals surface area contributed by atoms with Crippen LogP contribution in [0.3, 0.4) is 0 Å². The summed E-state index contributed by atoms with van der Waals surface area (Å²) in [5, 5.41) is 5.17. The Morgan fingerprint density at radius 2 is 2.38 bits per heavy atom. The molecule has 48 valence electrons. The summed E-state index contributed by atoms with van der Waals surface area (Å²) >= 11 is 1.74. The Morgan fingerprint density at radius 3 is 2.88 bits per heavy atom. The molecular formula is C6H13NS. The van der Waals surface area contributed by atoms with E-state index in [0.717, 1.165) is 13.0 Å². The Morgan fingerprint density at radius 1 is 1.62 bits per heavy atom. The van der Waals surface area contributed by atoms with E-state index in [1.165, 1.54) is 0 Å². The van der Waals surface area contributed by atoms with Gasteiger partial charge in [-0.05, 0) is 31.7 Å². The average molecular weight is 131 g/mol. The normalized spacial score (nSPS) is 10.8. The van der Waals surface area contributed by atoms with Crippen LogP contribution in [0.1, 0.15) is 6.42 Å². The van der Waals surface area contributed by atoms with Gasteiger partial charge in [0.15, 0.2) is 0 Å². The van der Waals surface area contributed by atoms with Gasteiger partial charge in [0, 0.05) is 0 Å². The van der Waals surface area contributed by atoms with Crippen molar-refractivity contribution in [3.63, 3.8) is 0 Å². The Balaban J connectivity index is 2.80. The molecule has 0 radical (unpaired) electrons. The molecule has 0 rings (SSSR count). The van der Waals surface area contributed by atoms with Crippen molar-refractivity contribution in [2.45, 2.75) is 6.42 Å². The maximum Gasteiger partial charge on any atom is -0.00170 e. The summed E-state index contributed by atoms with van der Waals surface area (Å²) in [5.41, 5.74) is 0. The second kappa shape index (κ2) is 7.05. The van der Waals surface area contributed by atoms with Gasteiger partial charge in [-0.3, -0.25) is 0 Å². The van der Waals surface area contributed by atoms with Gasteiger partial charge in [0.1, 0.15) is 0 Å². The molecule has 1 N–H and O–H groups in total. The molecule has 0 saturated heterocycles. The monoisotopic (exact) mass is 131 g/mol. The number of thioether (sulfide) groups is 1. The smallest absolute Gasteiger partial charge is 0.00170 e. The number of rotatable bonds is 4. The average Bonchev–Trinajstić information content (AvgIpc) is 1.81. The quantitative estimate of drug-likeness (QED) is 0.580. The Labute approximate surface area is 55.5 Å². The van der Waals surface area contributed by atoms with E-state index in [-0.39, 0.29) is 0 Å². The van der Waals surface area contributed by atoms with E-state index in [1.807, 2.05) is 7.05 Å². The van der Waals surface area contributed by atoms with Gasteiger partial charge in [-0.2, -0.15) is 0 Å².